The molecule has 0 radical (unpaired) electrons. The number of esters is 1. The lowest BCUT2D eigenvalue weighted by atomic mass is 10.1. The van der Waals surface area contributed by atoms with Gasteiger partial charge in [0.15, 0.2) is 24.7 Å². The summed E-state index contributed by atoms with van der Waals surface area (Å²) in [4.78, 5) is 33.3. The van der Waals surface area contributed by atoms with Crippen LogP contribution in [-0.2, 0) is 25.5 Å². The van der Waals surface area contributed by atoms with E-state index in [0.29, 0.717) is 17.9 Å². The van der Waals surface area contributed by atoms with E-state index in [4.69, 9.17) is 19.9 Å². The number of rotatable bonds is 10. The molecule has 0 spiro atoms. The molecule has 0 aliphatic heterocycles. The third kappa shape index (κ3) is 6.82. The molecular weight excluding hydrogens is 316 g/mol. The summed E-state index contributed by atoms with van der Waals surface area (Å²) in [7, 11) is 1.49. The summed E-state index contributed by atoms with van der Waals surface area (Å²) in [6, 6.07) is 5.27. The second-order valence-corrected chi connectivity index (χ2v) is 4.67. The van der Waals surface area contributed by atoms with Gasteiger partial charge in [0.05, 0.1) is 13.7 Å². The van der Waals surface area contributed by atoms with Gasteiger partial charge in [0.2, 0.25) is 5.91 Å². The quantitative estimate of drug-likeness (QED) is 0.457. The molecule has 0 bridgehead atoms. The molecule has 0 heterocycles. The van der Waals surface area contributed by atoms with Crippen molar-refractivity contribution in [3.63, 3.8) is 0 Å². The van der Waals surface area contributed by atoms with Crippen LogP contribution >= 0.6 is 0 Å². The second-order valence-electron chi connectivity index (χ2n) is 4.67. The van der Waals surface area contributed by atoms with Crippen LogP contribution in [0, 0.1) is 0 Å². The smallest absolute Gasteiger partial charge is 0.344 e. The number of primary amides is 1. The van der Waals surface area contributed by atoms with E-state index in [1.165, 1.54) is 7.11 Å². The van der Waals surface area contributed by atoms with E-state index in [0.717, 1.165) is 5.56 Å². The number of amides is 2. The van der Waals surface area contributed by atoms with Crippen molar-refractivity contribution in [2.45, 2.75) is 6.42 Å². The Bertz CT molecular complexity index is 615. The molecule has 1 aromatic rings. The highest BCUT2D eigenvalue weighted by atomic mass is 16.6. The molecule has 3 N–H and O–H groups in total. The fourth-order valence-electron chi connectivity index (χ4n) is 1.69. The molecule has 2 amide bonds. The van der Waals surface area contributed by atoms with E-state index in [9.17, 15) is 14.4 Å². The predicted octanol–water partition coefficient (Wildman–Crippen LogP) is -0.0528. The van der Waals surface area contributed by atoms with Gasteiger partial charge in [-0.1, -0.05) is 12.1 Å². The van der Waals surface area contributed by atoms with Crippen LogP contribution in [0.1, 0.15) is 5.56 Å². The summed E-state index contributed by atoms with van der Waals surface area (Å²) < 4.78 is 15.2. The minimum absolute atomic E-state index is 0.318. The Kier molecular flexibility index (Phi) is 7.83. The molecule has 0 saturated carbocycles. The van der Waals surface area contributed by atoms with Gasteiger partial charge in [-0.2, -0.15) is 0 Å². The first-order valence-corrected chi connectivity index (χ1v) is 7.07. The molecule has 0 saturated heterocycles. The molecule has 0 fully saturated rings. The Balaban J connectivity index is 2.45. The number of methoxy groups -OCH3 is 1. The largest absolute Gasteiger partial charge is 0.493 e. The number of hydrogen-bond donors (Lipinski definition) is 2. The van der Waals surface area contributed by atoms with Gasteiger partial charge in [0.1, 0.15) is 0 Å². The Labute approximate surface area is 139 Å². The zero-order chi connectivity index (χ0) is 17.9. The van der Waals surface area contributed by atoms with E-state index >= 15 is 0 Å². The monoisotopic (exact) mass is 336 g/mol. The van der Waals surface area contributed by atoms with Gasteiger partial charge < -0.3 is 25.3 Å². The number of ether oxygens (including phenoxy) is 3. The Morgan fingerprint density at radius 3 is 2.62 bits per heavy atom. The third-order valence-electron chi connectivity index (χ3n) is 2.78. The van der Waals surface area contributed by atoms with Gasteiger partial charge in [-0.05, 0) is 24.1 Å². The fraction of sp³-hybridized carbons (Fsp3) is 0.312. The van der Waals surface area contributed by atoms with Gasteiger partial charge in [0, 0.05) is 0 Å². The summed E-state index contributed by atoms with van der Waals surface area (Å²) in [5.41, 5.74) is 5.86. The van der Waals surface area contributed by atoms with Crippen LogP contribution in [-0.4, -0.2) is 44.7 Å². The zero-order valence-electron chi connectivity index (χ0n) is 13.4. The van der Waals surface area contributed by atoms with Crippen LogP contribution in [0.5, 0.6) is 11.5 Å². The fourth-order valence-corrected chi connectivity index (χ4v) is 1.69. The maximum Gasteiger partial charge on any atom is 0.344 e. The topological polar surface area (TPSA) is 117 Å². The summed E-state index contributed by atoms with van der Waals surface area (Å²) in [6.45, 7) is 2.43. The first kappa shape index (κ1) is 19.0. The van der Waals surface area contributed by atoms with Crippen LogP contribution in [0.25, 0.3) is 0 Å². The van der Waals surface area contributed by atoms with Crippen molar-refractivity contribution in [2.24, 2.45) is 5.73 Å². The molecule has 1 aromatic carbocycles. The summed E-state index contributed by atoms with van der Waals surface area (Å²) in [6.07, 6.45) is 2.44. The van der Waals surface area contributed by atoms with E-state index < -0.39 is 24.4 Å². The van der Waals surface area contributed by atoms with Crippen molar-refractivity contribution in [2.75, 3.05) is 26.9 Å². The highest BCUT2D eigenvalue weighted by molar-refractivity contribution is 5.85. The lowest BCUT2D eigenvalue weighted by molar-refractivity contribution is -0.150. The molecule has 0 aliphatic carbocycles. The van der Waals surface area contributed by atoms with Crippen molar-refractivity contribution in [3.05, 3.63) is 36.4 Å². The van der Waals surface area contributed by atoms with Crippen molar-refractivity contribution >= 4 is 17.8 Å². The van der Waals surface area contributed by atoms with Gasteiger partial charge in [0.25, 0.3) is 5.91 Å². The van der Waals surface area contributed by atoms with Crippen molar-refractivity contribution in [1.82, 2.24) is 5.32 Å². The van der Waals surface area contributed by atoms with Crippen LogP contribution in [0.2, 0.25) is 0 Å². The van der Waals surface area contributed by atoms with Gasteiger partial charge >= 0.3 is 5.97 Å². The average molecular weight is 336 g/mol. The normalized spacial score (nSPS) is 9.71. The Morgan fingerprint density at radius 1 is 1.25 bits per heavy atom. The van der Waals surface area contributed by atoms with E-state index in [-0.39, 0.29) is 13.2 Å². The minimum atomic E-state index is -0.735. The molecule has 0 aliphatic rings. The van der Waals surface area contributed by atoms with Gasteiger partial charge in [-0.25, -0.2) is 4.79 Å². The highest BCUT2D eigenvalue weighted by Crippen LogP contribution is 2.28. The van der Waals surface area contributed by atoms with Crippen LogP contribution in [0.3, 0.4) is 0 Å². The third-order valence-corrected chi connectivity index (χ3v) is 2.78. The molecule has 0 atom stereocenters. The first-order chi connectivity index (χ1) is 11.5. The molecule has 24 heavy (non-hydrogen) atoms. The molecule has 8 heteroatoms. The molecule has 1 rings (SSSR count). The summed E-state index contributed by atoms with van der Waals surface area (Å²) >= 11 is 0. The maximum absolute atomic E-state index is 11.6. The Hall–Kier alpha value is -3.03. The van der Waals surface area contributed by atoms with Crippen LogP contribution < -0.4 is 20.5 Å². The second kappa shape index (κ2) is 9.88. The molecule has 130 valence electrons. The van der Waals surface area contributed by atoms with Crippen LogP contribution in [0.15, 0.2) is 30.9 Å². The lowest BCUT2D eigenvalue weighted by Crippen LogP contribution is -2.36. The number of carbonyl (C=O) groups is 3. The van der Waals surface area contributed by atoms with Crippen molar-refractivity contribution in [1.29, 1.82) is 0 Å². The van der Waals surface area contributed by atoms with E-state index in [2.05, 4.69) is 11.9 Å². The first-order valence-electron chi connectivity index (χ1n) is 7.07. The number of hydrogen-bond acceptors (Lipinski definition) is 6. The number of allylic oxidation sites excluding steroid dienone is 1. The summed E-state index contributed by atoms with van der Waals surface area (Å²) in [5, 5.41) is 2.19. The minimum Gasteiger partial charge on any atom is -0.493 e. The molecule has 0 aromatic heterocycles. The van der Waals surface area contributed by atoms with E-state index in [1.54, 1.807) is 18.2 Å². The standard InChI is InChI=1S/C16H20N2O6/c1-3-4-11-5-6-12(13(7-11)22-2)23-10-16(21)24-9-15(20)18-8-14(17)19/h3,5-7H,1,4,8-10H2,2H3,(H2,17,19)(H,18,20). The number of nitrogens with one attached hydrogen (secondary N) is 1. The molecule has 8 nitrogen and oxygen atoms in total. The van der Waals surface area contributed by atoms with Gasteiger partial charge in [-0.15, -0.1) is 6.58 Å². The number of carbonyl (C=O) groups excluding carboxylic acids is 3. The number of nitrogens with two attached hydrogens (primary N) is 1. The van der Waals surface area contributed by atoms with Crippen molar-refractivity contribution in [3.8, 4) is 11.5 Å². The van der Waals surface area contributed by atoms with Gasteiger partial charge in [-0.3, -0.25) is 9.59 Å². The van der Waals surface area contributed by atoms with Crippen molar-refractivity contribution < 1.29 is 28.6 Å². The number of benzene rings is 1. The highest BCUT2D eigenvalue weighted by Gasteiger charge is 2.11. The molecule has 0 unspecified atom stereocenters. The lowest BCUT2D eigenvalue weighted by Gasteiger charge is -2.11. The summed E-state index contributed by atoms with van der Waals surface area (Å²) in [5.74, 6) is -1.21. The Morgan fingerprint density at radius 2 is 2.00 bits per heavy atom. The SMILES string of the molecule is C=CCc1ccc(OCC(=O)OCC(=O)NCC(N)=O)c(OC)c1. The average Bonchev–Trinajstić information content (AvgIpc) is 2.56. The molecular formula is C16H20N2O6. The van der Waals surface area contributed by atoms with Crippen LogP contribution in [0.4, 0.5) is 0 Å². The zero-order valence-corrected chi connectivity index (χ0v) is 13.4. The maximum atomic E-state index is 11.6. The van der Waals surface area contributed by atoms with E-state index in [1.807, 2.05) is 6.07 Å². The predicted molar refractivity (Wildman–Crippen MR) is 85.6 cm³/mol.